The summed E-state index contributed by atoms with van der Waals surface area (Å²) in [4.78, 5) is 4.42. The fourth-order valence-electron chi connectivity index (χ4n) is 5.42. The fourth-order valence-corrected chi connectivity index (χ4v) is 5.42. The van der Waals surface area contributed by atoms with E-state index in [2.05, 4.69) is 27.4 Å². The van der Waals surface area contributed by atoms with Crippen molar-refractivity contribution in [3.8, 4) is 0 Å². The average molecular weight is 245 g/mol. The molecule has 0 radical (unpaired) electrons. The smallest absolute Gasteiger partial charge is 0.0953 e. The van der Waals surface area contributed by atoms with Gasteiger partial charge in [0.2, 0.25) is 0 Å². The van der Waals surface area contributed by atoms with Gasteiger partial charge in [0.15, 0.2) is 0 Å². The molecule has 0 saturated heterocycles. The van der Waals surface area contributed by atoms with Crippen LogP contribution in [0.1, 0.15) is 44.2 Å². The van der Waals surface area contributed by atoms with Crippen LogP contribution in [0.25, 0.3) is 0 Å². The zero-order valence-electron chi connectivity index (χ0n) is 11.2. The summed E-state index contributed by atoms with van der Waals surface area (Å²) >= 11 is 0. The van der Waals surface area contributed by atoms with E-state index in [-0.39, 0.29) is 0 Å². The molecule has 0 unspecified atom stereocenters. The van der Waals surface area contributed by atoms with E-state index < -0.39 is 0 Å². The molecule has 3 nitrogen and oxygen atoms in total. The van der Waals surface area contributed by atoms with E-state index in [1.165, 1.54) is 44.2 Å². The van der Waals surface area contributed by atoms with Crippen molar-refractivity contribution < 1.29 is 0 Å². The molecule has 5 rings (SSSR count). The van der Waals surface area contributed by atoms with Crippen LogP contribution in [0.4, 0.5) is 0 Å². The first-order chi connectivity index (χ1) is 8.79. The third-order valence-electron chi connectivity index (χ3n) is 5.59. The first kappa shape index (κ1) is 11.0. The predicted octanol–water partition coefficient (Wildman–Crippen LogP) is 2.53. The van der Waals surface area contributed by atoms with Crippen LogP contribution < -0.4 is 5.32 Å². The summed E-state index contributed by atoms with van der Waals surface area (Å²) in [5.74, 6) is 3.00. The summed E-state index contributed by atoms with van der Waals surface area (Å²) in [6.07, 6.45) is 12.9. The Morgan fingerprint density at radius 1 is 1.22 bits per heavy atom. The minimum absolute atomic E-state index is 0.428. The Bertz CT molecular complexity index is 413. The number of hydrogen-bond donors (Lipinski definition) is 1. The molecule has 1 heterocycles. The van der Waals surface area contributed by atoms with Gasteiger partial charge in [0.05, 0.1) is 12.0 Å². The van der Waals surface area contributed by atoms with Crippen molar-refractivity contribution in [2.45, 2.75) is 50.6 Å². The second-order valence-corrected chi connectivity index (χ2v) is 6.93. The van der Waals surface area contributed by atoms with Crippen LogP contribution in [0.5, 0.6) is 0 Å². The van der Waals surface area contributed by atoms with Gasteiger partial charge in [0.1, 0.15) is 0 Å². The standard InChI is InChI=1S/C15H23N3/c1-16-8-14-9-17-10-18(14)15-5-11-2-12(6-15)4-13(3-11)7-15/h9-13,16H,2-8H2,1H3. The second-order valence-electron chi connectivity index (χ2n) is 6.93. The van der Waals surface area contributed by atoms with Gasteiger partial charge < -0.3 is 9.88 Å². The van der Waals surface area contributed by atoms with Crippen LogP contribution in [-0.4, -0.2) is 16.6 Å². The number of nitrogens with zero attached hydrogens (tertiary/aromatic N) is 2. The van der Waals surface area contributed by atoms with E-state index >= 15 is 0 Å². The SMILES string of the molecule is CNCc1cncn1C12CC3CC(CC(C3)C1)C2. The Morgan fingerprint density at radius 2 is 1.83 bits per heavy atom. The zero-order chi connectivity index (χ0) is 12.2. The Labute approximate surface area is 109 Å². The Balaban J connectivity index is 1.72. The zero-order valence-corrected chi connectivity index (χ0v) is 11.2. The molecule has 4 fully saturated rings. The van der Waals surface area contributed by atoms with Crippen LogP contribution >= 0.6 is 0 Å². The highest BCUT2D eigenvalue weighted by molar-refractivity contribution is 5.11. The van der Waals surface area contributed by atoms with Crippen molar-refractivity contribution in [2.24, 2.45) is 17.8 Å². The summed E-state index contributed by atoms with van der Waals surface area (Å²) in [5, 5.41) is 3.28. The normalized spacial score (nSPS) is 41.5. The van der Waals surface area contributed by atoms with Crippen LogP contribution in [0.2, 0.25) is 0 Å². The maximum absolute atomic E-state index is 4.42. The van der Waals surface area contributed by atoms with Crippen molar-refractivity contribution >= 4 is 0 Å². The molecule has 4 bridgehead atoms. The maximum atomic E-state index is 4.42. The lowest BCUT2D eigenvalue weighted by atomic mass is 9.53. The molecule has 1 N–H and O–H groups in total. The summed E-state index contributed by atoms with van der Waals surface area (Å²) in [6, 6.07) is 0. The quantitative estimate of drug-likeness (QED) is 0.887. The van der Waals surface area contributed by atoms with E-state index in [9.17, 15) is 0 Å². The molecule has 1 aromatic rings. The van der Waals surface area contributed by atoms with Crippen LogP contribution in [-0.2, 0) is 12.1 Å². The molecule has 4 saturated carbocycles. The van der Waals surface area contributed by atoms with Crippen LogP contribution in [0.3, 0.4) is 0 Å². The third-order valence-corrected chi connectivity index (χ3v) is 5.59. The molecule has 0 amide bonds. The van der Waals surface area contributed by atoms with Gasteiger partial charge in [-0.1, -0.05) is 0 Å². The lowest BCUT2D eigenvalue weighted by Crippen LogP contribution is -2.52. The summed E-state index contributed by atoms with van der Waals surface area (Å²) < 4.78 is 2.54. The first-order valence-corrected chi connectivity index (χ1v) is 7.45. The number of nitrogens with one attached hydrogen (secondary N) is 1. The van der Waals surface area contributed by atoms with Crippen molar-refractivity contribution in [1.82, 2.24) is 14.9 Å². The van der Waals surface area contributed by atoms with Gasteiger partial charge in [-0.3, -0.25) is 0 Å². The van der Waals surface area contributed by atoms with Gasteiger partial charge >= 0.3 is 0 Å². The van der Waals surface area contributed by atoms with Crippen molar-refractivity contribution in [3.05, 3.63) is 18.2 Å². The minimum atomic E-state index is 0.428. The molecular formula is C15H23N3. The van der Waals surface area contributed by atoms with E-state index in [0.717, 1.165) is 24.3 Å². The highest BCUT2D eigenvalue weighted by Crippen LogP contribution is 2.58. The van der Waals surface area contributed by atoms with E-state index in [1.807, 2.05) is 7.05 Å². The highest BCUT2D eigenvalue weighted by atomic mass is 15.1. The largest absolute Gasteiger partial charge is 0.327 e. The number of imidazole rings is 1. The van der Waals surface area contributed by atoms with Crippen molar-refractivity contribution in [3.63, 3.8) is 0 Å². The molecule has 0 aromatic carbocycles. The molecule has 98 valence electrons. The molecule has 0 spiro atoms. The molecule has 1 aromatic heterocycles. The minimum Gasteiger partial charge on any atom is -0.327 e. The first-order valence-electron chi connectivity index (χ1n) is 7.45. The van der Waals surface area contributed by atoms with E-state index in [4.69, 9.17) is 0 Å². The summed E-state index contributed by atoms with van der Waals surface area (Å²) in [5.41, 5.74) is 1.80. The van der Waals surface area contributed by atoms with Gasteiger partial charge in [-0.25, -0.2) is 4.98 Å². The van der Waals surface area contributed by atoms with E-state index in [0.29, 0.717) is 5.54 Å². The Hall–Kier alpha value is -0.830. The molecule has 18 heavy (non-hydrogen) atoms. The maximum Gasteiger partial charge on any atom is 0.0953 e. The number of rotatable bonds is 3. The Kier molecular flexibility index (Phi) is 2.35. The fraction of sp³-hybridized carbons (Fsp3) is 0.800. The molecular weight excluding hydrogens is 222 g/mol. The van der Waals surface area contributed by atoms with Crippen LogP contribution in [0, 0.1) is 17.8 Å². The van der Waals surface area contributed by atoms with Gasteiger partial charge in [0.25, 0.3) is 0 Å². The van der Waals surface area contributed by atoms with Gasteiger partial charge in [-0.2, -0.15) is 0 Å². The van der Waals surface area contributed by atoms with E-state index in [1.54, 1.807) is 0 Å². The molecule has 3 heteroatoms. The van der Waals surface area contributed by atoms with Gasteiger partial charge in [-0.05, 0) is 63.3 Å². The predicted molar refractivity (Wildman–Crippen MR) is 71.1 cm³/mol. The number of aromatic nitrogens is 2. The van der Waals surface area contributed by atoms with Gasteiger partial charge in [0, 0.05) is 18.3 Å². The lowest BCUT2D eigenvalue weighted by Gasteiger charge is -2.57. The average Bonchev–Trinajstić information content (AvgIpc) is 2.76. The topological polar surface area (TPSA) is 29.9 Å². The summed E-state index contributed by atoms with van der Waals surface area (Å²) in [7, 11) is 2.02. The monoisotopic (exact) mass is 245 g/mol. The van der Waals surface area contributed by atoms with Crippen LogP contribution in [0.15, 0.2) is 12.5 Å². The molecule has 0 aliphatic heterocycles. The second kappa shape index (κ2) is 3.83. The Morgan fingerprint density at radius 3 is 2.39 bits per heavy atom. The summed E-state index contributed by atoms with van der Waals surface area (Å²) in [6.45, 7) is 0.946. The third kappa shape index (κ3) is 1.49. The van der Waals surface area contributed by atoms with Crippen molar-refractivity contribution in [2.75, 3.05) is 7.05 Å². The number of hydrogen-bond acceptors (Lipinski definition) is 2. The highest BCUT2D eigenvalue weighted by Gasteiger charge is 2.52. The van der Waals surface area contributed by atoms with Crippen molar-refractivity contribution in [1.29, 1.82) is 0 Å². The lowest BCUT2D eigenvalue weighted by molar-refractivity contribution is -0.0444. The van der Waals surface area contributed by atoms with Gasteiger partial charge in [-0.15, -0.1) is 0 Å². The molecule has 0 atom stereocenters. The molecule has 4 aliphatic rings. The molecule has 4 aliphatic carbocycles.